The van der Waals surface area contributed by atoms with E-state index in [4.69, 9.17) is 11.6 Å². The number of rotatable bonds is 4. The molecule has 2 atom stereocenters. The average molecular weight is 279 g/mol. The van der Waals surface area contributed by atoms with Gasteiger partial charge in [0, 0.05) is 34.4 Å². The van der Waals surface area contributed by atoms with E-state index >= 15 is 0 Å². The van der Waals surface area contributed by atoms with Gasteiger partial charge in [0.05, 0.1) is 0 Å². The van der Waals surface area contributed by atoms with Gasteiger partial charge in [-0.2, -0.15) is 0 Å². The number of nitrogens with zero attached hydrogens (tertiary/aromatic N) is 1. The molecule has 0 radical (unpaired) electrons. The van der Waals surface area contributed by atoms with Crippen LogP contribution in [0.1, 0.15) is 18.9 Å². The molecular weight excluding hydrogens is 264 g/mol. The van der Waals surface area contributed by atoms with Gasteiger partial charge in [-0.25, -0.2) is 4.79 Å². The molecule has 0 spiro atoms. The largest absolute Gasteiger partial charge is 0.329 e. The number of aromatic nitrogens is 2. The normalized spacial score (nSPS) is 14.6. The van der Waals surface area contributed by atoms with E-state index in [0.29, 0.717) is 12.0 Å². The molecule has 0 bridgehead atoms. The summed E-state index contributed by atoms with van der Waals surface area (Å²) in [5.74, 6) is 0. The fourth-order valence-corrected chi connectivity index (χ4v) is 1.92. The molecule has 2 unspecified atom stereocenters. The van der Waals surface area contributed by atoms with Crippen molar-refractivity contribution in [1.82, 2.24) is 9.55 Å². The molecule has 96 valence electrons. The summed E-state index contributed by atoms with van der Waals surface area (Å²) in [6.07, 6.45) is 2.11. The summed E-state index contributed by atoms with van der Waals surface area (Å²) in [5, 5.41) is 0.0145. The predicted molar refractivity (Wildman–Crippen MR) is 69.2 cm³/mol. The number of H-pyrrole nitrogens is 1. The van der Waals surface area contributed by atoms with Crippen molar-refractivity contribution in [3.05, 3.63) is 31.6 Å². The highest BCUT2D eigenvalue weighted by Crippen LogP contribution is 2.04. The van der Waals surface area contributed by atoms with Crippen LogP contribution in [0.3, 0.4) is 0 Å². The van der Waals surface area contributed by atoms with Crippen molar-refractivity contribution in [2.75, 3.05) is 6.26 Å². The van der Waals surface area contributed by atoms with Gasteiger partial charge in [-0.1, -0.05) is 18.5 Å². The maximum Gasteiger partial charge on any atom is 0.329 e. The van der Waals surface area contributed by atoms with Gasteiger partial charge in [-0.3, -0.25) is 18.6 Å². The monoisotopic (exact) mass is 278 g/mol. The van der Waals surface area contributed by atoms with Crippen molar-refractivity contribution >= 4 is 22.4 Å². The van der Waals surface area contributed by atoms with Crippen LogP contribution >= 0.6 is 11.6 Å². The van der Waals surface area contributed by atoms with Crippen molar-refractivity contribution in [3.63, 3.8) is 0 Å². The van der Waals surface area contributed by atoms with Crippen LogP contribution in [0, 0.1) is 6.92 Å². The van der Waals surface area contributed by atoms with E-state index < -0.39 is 22.0 Å². The molecule has 1 heterocycles. The van der Waals surface area contributed by atoms with E-state index in [1.165, 1.54) is 0 Å². The maximum atomic E-state index is 11.8. The average Bonchev–Trinajstić information content (AvgIpc) is 2.25. The lowest BCUT2D eigenvalue weighted by Crippen LogP contribution is -2.37. The first-order chi connectivity index (χ1) is 7.84. The van der Waals surface area contributed by atoms with Crippen LogP contribution < -0.4 is 11.2 Å². The van der Waals surface area contributed by atoms with Gasteiger partial charge >= 0.3 is 5.69 Å². The molecular formula is C10H15ClN2O3S. The minimum atomic E-state index is -0.961. The molecule has 7 heteroatoms. The van der Waals surface area contributed by atoms with Crippen molar-refractivity contribution in [2.45, 2.75) is 32.1 Å². The lowest BCUT2D eigenvalue weighted by molar-refractivity contribution is 0.577. The van der Waals surface area contributed by atoms with E-state index in [0.717, 1.165) is 4.57 Å². The molecule has 0 aliphatic carbocycles. The molecule has 17 heavy (non-hydrogen) atoms. The molecule has 1 aromatic rings. The smallest absolute Gasteiger partial charge is 0.297 e. The topological polar surface area (TPSA) is 71.9 Å². The van der Waals surface area contributed by atoms with E-state index in [9.17, 15) is 13.8 Å². The van der Waals surface area contributed by atoms with E-state index in [-0.39, 0.29) is 16.9 Å². The van der Waals surface area contributed by atoms with Crippen LogP contribution in [0.15, 0.2) is 9.59 Å². The highest BCUT2D eigenvalue weighted by atomic mass is 35.5. The first-order valence-electron chi connectivity index (χ1n) is 5.16. The van der Waals surface area contributed by atoms with Crippen LogP contribution in [0.2, 0.25) is 5.15 Å². The first kappa shape index (κ1) is 14.2. The zero-order valence-electron chi connectivity index (χ0n) is 9.95. The third kappa shape index (κ3) is 3.29. The third-order valence-electron chi connectivity index (χ3n) is 2.68. The molecule has 0 fully saturated rings. The molecule has 5 nitrogen and oxygen atoms in total. The molecule has 0 aromatic carbocycles. The minimum Gasteiger partial charge on any atom is -0.297 e. The van der Waals surface area contributed by atoms with Crippen LogP contribution in [0.5, 0.6) is 0 Å². The number of aromatic amines is 1. The van der Waals surface area contributed by atoms with Crippen molar-refractivity contribution in [2.24, 2.45) is 0 Å². The molecule has 0 amide bonds. The Hall–Kier alpha value is -0.880. The van der Waals surface area contributed by atoms with Crippen LogP contribution in [0.4, 0.5) is 0 Å². The minimum absolute atomic E-state index is 0.0581. The summed E-state index contributed by atoms with van der Waals surface area (Å²) < 4.78 is 12.3. The van der Waals surface area contributed by atoms with Crippen LogP contribution in [-0.4, -0.2) is 25.3 Å². The molecule has 1 aromatic heterocycles. The number of halogens is 1. The molecule has 1 rings (SSSR count). The Bertz CT molecular complexity index is 549. The van der Waals surface area contributed by atoms with Crippen molar-refractivity contribution in [3.8, 4) is 0 Å². The van der Waals surface area contributed by atoms with Gasteiger partial charge in [-0.15, -0.1) is 0 Å². The van der Waals surface area contributed by atoms with Gasteiger partial charge in [0.25, 0.3) is 5.56 Å². The quantitative estimate of drug-likeness (QED) is 0.822. The summed E-state index contributed by atoms with van der Waals surface area (Å²) in [6.45, 7) is 3.61. The predicted octanol–water partition coefficient (Wildman–Crippen LogP) is 0.656. The zero-order valence-corrected chi connectivity index (χ0v) is 11.5. The van der Waals surface area contributed by atoms with Crippen molar-refractivity contribution < 1.29 is 4.21 Å². The highest BCUT2D eigenvalue weighted by molar-refractivity contribution is 7.84. The fraction of sp³-hybridized carbons (Fsp3) is 0.600. The lowest BCUT2D eigenvalue weighted by Gasteiger charge is -2.10. The number of hydrogen-bond acceptors (Lipinski definition) is 3. The Balaban J connectivity index is 3.01. The van der Waals surface area contributed by atoms with E-state index in [1.807, 2.05) is 6.92 Å². The summed E-state index contributed by atoms with van der Waals surface area (Å²) >= 11 is 5.69. The fourth-order valence-electron chi connectivity index (χ4n) is 1.32. The summed E-state index contributed by atoms with van der Waals surface area (Å²) in [4.78, 5) is 25.7. The third-order valence-corrected chi connectivity index (χ3v) is 4.43. The SMILES string of the molecule is Cc1c(Cl)[nH]c(=O)n(CCC(C)S(C)=O)c1=O. The molecule has 0 aliphatic rings. The highest BCUT2D eigenvalue weighted by Gasteiger charge is 2.11. The lowest BCUT2D eigenvalue weighted by atomic mass is 10.3. The summed E-state index contributed by atoms with van der Waals surface area (Å²) in [7, 11) is -0.961. The van der Waals surface area contributed by atoms with E-state index in [1.54, 1.807) is 13.2 Å². The Morgan fingerprint density at radius 1 is 1.47 bits per heavy atom. The van der Waals surface area contributed by atoms with Gasteiger partial charge in [0.2, 0.25) is 0 Å². The Morgan fingerprint density at radius 2 is 2.06 bits per heavy atom. The summed E-state index contributed by atoms with van der Waals surface area (Å²) in [5.41, 5.74) is -0.607. The molecule has 0 saturated carbocycles. The molecule has 0 aliphatic heterocycles. The molecule has 1 N–H and O–H groups in total. The van der Waals surface area contributed by atoms with Gasteiger partial charge in [-0.05, 0) is 13.3 Å². The van der Waals surface area contributed by atoms with Crippen molar-refractivity contribution in [1.29, 1.82) is 0 Å². The Labute approximate surface area is 106 Å². The summed E-state index contributed by atoms with van der Waals surface area (Å²) in [6, 6.07) is 0. The second-order valence-corrected chi connectivity index (χ2v) is 6.10. The number of hydrogen-bond donors (Lipinski definition) is 1. The van der Waals surface area contributed by atoms with Crippen LogP contribution in [0.25, 0.3) is 0 Å². The Kier molecular flexibility index (Phi) is 4.70. The standard InChI is InChI=1S/C10H15ClN2O3S/c1-6(17(3)16)4-5-13-9(14)7(2)8(11)12-10(13)15/h6H,4-5H2,1-3H3,(H,12,15). The Morgan fingerprint density at radius 3 is 2.59 bits per heavy atom. The van der Waals surface area contributed by atoms with Crippen LogP contribution in [-0.2, 0) is 17.3 Å². The first-order valence-corrected chi connectivity index (χ1v) is 7.16. The maximum absolute atomic E-state index is 11.8. The van der Waals surface area contributed by atoms with Gasteiger partial charge in [0.15, 0.2) is 0 Å². The molecule has 0 saturated heterocycles. The zero-order chi connectivity index (χ0) is 13.2. The number of nitrogens with one attached hydrogen (secondary N) is 1. The second-order valence-electron chi connectivity index (χ2n) is 3.92. The van der Waals surface area contributed by atoms with Gasteiger partial charge < -0.3 is 0 Å². The second kappa shape index (κ2) is 5.64. The van der Waals surface area contributed by atoms with E-state index in [2.05, 4.69) is 4.98 Å². The van der Waals surface area contributed by atoms with Gasteiger partial charge in [0.1, 0.15) is 5.15 Å².